The van der Waals surface area contributed by atoms with Gasteiger partial charge >= 0.3 is 0 Å². The molecule has 0 atom stereocenters. The topological polar surface area (TPSA) is 107 Å². The van der Waals surface area contributed by atoms with Gasteiger partial charge in [-0.05, 0) is 24.1 Å². The number of rotatable bonds is 4. The molecule has 0 saturated carbocycles. The van der Waals surface area contributed by atoms with E-state index in [9.17, 15) is 10.1 Å². The summed E-state index contributed by atoms with van der Waals surface area (Å²) in [7, 11) is 1.73. The summed E-state index contributed by atoms with van der Waals surface area (Å²) < 4.78 is 5.26. The van der Waals surface area contributed by atoms with Crippen LogP contribution in [0.25, 0.3) is 22.6 Å². The largest absolute Gasteiger partial charge is 0.372 e. The van der Waals surface area contributed by atoms with Gasteiger partial charge in [0.05, 0.1) is 10.5 Å². The second-order valence-corrected chi connectivity index (χ2v) is 4.79. The van der Waals surface area contributed by atoms with E-state index < -0.39 is 4.92 Å². The van der Waals surface area contributed by atoms with Crippen molar-refractivity contribution >= 4 is 11.5 Å². The Bertz CT molecular complexity index is 875. The number of nitrogens with zero attached hydrogens (tertiary/aromatic N) is 4. The van der Waals surface area contributed by atoms with E-state index in [0.29, 0.717) is 28.7 Å². The van der Waals surface area contributed by atoms with Crippen LogP contribution in [0, 0.1) is 17.0 Å². The van der Waals surface area contributed by atoms with Gasteiger partial charge in [-0.2, -0.15) is 4.98 Å². The van der Waals surface area contributed by atoms with Gasteiger partial charge in [0.1, 0.15) is 5.82 Å². The predicted molar refractivity (Wildman–Crippen MR) is 83.9 cm³/mol. The first-order chi connectivity index (χ1) is 11.1. The van der Waals surface area contributed by atoms with Crippen molar-refractivity contribution in [3.63, 3.8) is 0 Å². The van der Waals surface area contributed by atoms with Crippen LogP contribution < -0.4 is 5.32 Å². The van der Waals surface area contributed by atoms with E-state index in [2.05, 4.69) is 20.4 Å². The fourth-order valence-corrected chi connectivity index (χ4v) is 2.29. The first-order valence-corrected chi connectivity index (χ1v) is 6.82. The van der Waals surface area contributed by atoms with Gasteiger partial charge in [-0.15, -0.1) is 0 Å². The minimum atomic E-state index is -0.430. The van der Waals surface area contributed by atoms with Crippen molar-refractivity contribution in [2.75, 3.05) is 12.4 Å². The maximum Gasteiger partial charge on any atom is 0.270 e. The minimum Gasteiger partial charge on any atom is -0.372 e. The van der Waals surface area contributed by atoms with Crippen LogP contribution in [0.3, 0.4) is 0 Å². The number of nitrogens with one attached hydrogen (secondary N) is 1. The van der Waals surface area contributed by atoms with Crippen molar-refractivity contribution in [3.05, 3.63) is 52.5 Å². The second-order valence-electron chi connectivity index (χ2n) is 4.79. The van der Waals surface area contributed by atoms with Gasteiger partial charge in [0, 0.05) is 25.4 Å². The van der Waals surface area contributed by atoms with Crippen molar-refractivity contribution < 1.29 is 9.45 Å². The van der Waals surface area contributed by atoms with Crippen LogP contribution >= 0.6 is 0 Å². The Balaban J connectivity index is 2.24. The van der Waals surface area contributed by atoms with E-state index in [4.69, 9.17) is 4.52 Å². The zero-order valence-electron chi connectivity index (χ0n) is 12.5. The fourth-order valence-electron chi connectivity index (χ4n) is 2.29. The summed E-state index contributed by atoms with van der Waals surface area (Å²) in [5.74, 6) is 1.36. The molecule has 2 heterocycles. The molecule has 0 amide bonds. The van der Waals surface area contributed by atoms with Gasteiger partial charge in [-0.25, -0.2) is 4.98 Å². The van der Waals surface area contributed by atoms with Crippen LogP contribution in [0.4, 0.5) is 11.5 Å². The highest BCUT2D eigenvalue weighted by Crippen LogP contribution is 2.36. The standard InChI is InChI=1S/C15H13N5O3/c1-9-18-15(23-19-9)13-12(6-7-17-14(13)16-2)10-4-3-5-11(8-10)20(21)22/h3-8H,1-2H3,(H,16,17). The van der Waals surface area contributed by atoms with Crippen LogP contribution in [0.15, 0.2) is 41.1 Å². The number of pyridine rings is 1. The van der Waals surface area contributed by atoms with E-state index in [-0.39, 0.29) is 5.69 Å². The molecule has 0 bridgehead atoms. The molecule has 0 aliphatic heterocycles. The zero-order valence-corrected chi connectivity index (χ0v) is 12.5. The lowest BCUT2D eigenvalue weighted by atomic mass is 10.00. The van der Waals surface area contributed by atoms with E-state index in [1.165, 1.54) is 12.1 Å². The van der Waals surface area contributed by atoms with Gasteiger partial charge in [-0.1, -0.05) is 17.3 Å². The molecule has 1 aromatic carbocycles. The molecule has 0 aliphatic rings. The Kier molecular flexibility index (Phi) is 3.71. The second kappa shape index (κ2) is 5.84. The highest BCUT2D eigenvalue weighted by Gasteiger charge is 2.19. The third-order valence-corrected chi connectivity index (χ3v) is 3.30. The Morgan fingerprint density at radius 2 is 2.13 bits per heavy atom. The Morgan fingerprint density at radius 1 is 1.30 bits per heavy atom. The molecular formula is C15H13N5O3. The normalized spacial score (nSPS) is 10.5. The Morgan fingerprint density at radius 3 is 2.78 bits per heavy atom. The predicted octanol–water partition coefficient (Wildman–Crippen LogP) is 3.06. The lowest BCUT2D eigenvalue weighted by Crippen LogP contribution is -1.98. The number of anilines is 1. The highest BCUT2D eigenvalue weighted by atomic mass is 16.6. The summed E-state index contributed by atoms with van der Waals surface area (Å²) in [5.41, 5.74) is 2.01. The summed E-state index contributed by atoms with van der Waals surface area (Å²) in [4.78, 5) is 19.1. The summed E-state index contributed by atoms with van der Waals surface area (Å²) in [6, 6.07) is 8.13. The average Bonchev–Trinajstić information content (AvgIpc) is 3.00. The molecule has 2 aromatic heterocycles. The summed E-state index contributed by atoms with van der Waals surface area (Å²) in [6.07, 6.45) is 1.62. The van der Waals surface area contributed by atoms with Crippen LogP contribution in [0.5, 0.6) is 0 Å². The SMILES string of the molecule is CNc1nccc(-c2cccc([N+](=O)[O-])c2)c1-c1nc(C)no1. The van der Waals surface area contributed by atoms with Gasteiger partial charge in [0.25, 0.3) is 11.6 Å². The maximum absolute atomic E-state index is 11.0. The molecule has 0 saturated heterocycles. The highest BCUT2D eigenvalue weighted by molar-refractivity contribution is 5.87. The molecule has 1 N–H and O–H groups in total. The summed E-state index contributed by atoms with van der Waals surface area (Å²) >= 11 is 0. The molecular weight excluding hydrogens is 298 g/mol. The molecule has 8 nitrogen and oxygen atoms in total. The quantitative estimate of drug-likeness (QED) is 0.582. The number of nitro groups is 1. The number of non-ortho nitro benzene ring substituents is 1. The molecule has 8 heteroatoms. The lowest BCUT2D eigenvalue weighted by molar-refractivity contribution is -0.384. The van der Waals surface area contributed by atoms with Crippen molar-refractivity contribution in [2.24, 2.45) is 0 Å². The average molecular weight is 311 g/mol. The van der Waals surface area contributed by atoms with Gasteiger partial charge < -0.3 is 9.84 Å². The van der Waals surface area contributed by atoms with Gasteiger partial charge in [-0.3, -0.25) is 10.1 Å². The number of benzene rings is 1. The van der Waals surface area contributed by atoms with Crippen LogP contribution in [-0.4, -0.2) is 27.1 Å². The summed E-state index contributed by atoms with van der Waals surface area (Å²) in [6.45, 7) is 1.72. The molecule has 0 unspecified atom stereocenters. The Hall–Kier alpha value is -3.29. The molecule has 3 rings (SSSR count). The minimum absolute atomic E-state index is 0.0120. The van der Waals surface area contributed by atoms with Crippen molar-refractivity contribution in [3.8, 4) is 22.6 Å². The molecule has 23 heavy (non-hydrogen) atoms. The number of aryl methyl sites for hydroxylation is 1. The van der Waals surface area contributed by atoms with E-state index in [1.807, 2.05) is 0 Å². The molecule has 0 radical (unpaired) electrons. The molecule has 116 valence electrons. The third-order valence-electron chi connectivity index (χ3n) is 3.30. The maximum atomic E-state index is 11.0. The van der Waals surface area contributed by atoms with Crippen molar-refractivity contribution in [1.29, 1.82) is 0 Å². The van der Waals surface area contributed by atoms with Crippen molar-refractivity contribution in [2.45, 2.75) is 6.92 Å². The monoisotopic (exact) mass is 311 g/mol. The van der Waals surface area contributed by atoms with Gasteiger partial charge in [0.15, 0.2) is 5.82 Å². The number of hydrogen-bond donors (Lipinski definition) is 1. The number of aromatic nitrogens is 3. The Labute approximate surface area is 131 Å². The smallest absolute Gasteiger partial charge is 0.270 e. The molecule has 0 fully saturated rings. The molecule has 3 aromatic rings. The number of hydrogen-bond acceptors (Lipinski definition) is 7. The first-order valence-electron chi connectivity index (χ1n) is 6.82. The van der Waals surface area contributed by atoms with Crippen LogP contribution in [0.1, 0.15) is 5.82 Å². The third kappa shape index (κ3) is 2.73. The molecule has 0 spiro atoms. The lowest BCUT2D eigenvalue weighted by Gasteiger charge is -2.10. The van der Waals surface area contributed by atoms with Gasteiger partial charge in [0.2, 0.25) is 0 Å². The number of nitro benzene ring substituents is 1. The fraction of sp³-hybridized carbons (Fsp3) is 0.133. The molecule has 0 aliphatic carbocycles. The van der Waals surface area contributed by atoms with Crippen LogP contribution in [-0.2, 0) is 0 Å². The summed E-state index contributed by atoms with van der Waals surface area (Å²) in [5, 5.41) is 17.8. The van der Waals surface area contributed by atoms with E-state index in [1.54, 1.807) is 38.4 Å². The first kappa shape index (κ1) is 14.6. The zero-order chi connectivity index (χ0) is 16.4. The van der Waals surface area contributed by atoms with Crippen LogP contribution in [0.2, 0.25) is 0 Å². The van der Waals surface area contributed by atoms with E-state index >= 15 is 0 Å². The van der Waals surface area contributed by atoms with E-state index in [0.717, 1.165) is 5.56 Å². The van der Waals surface area contributed by atoms with Crippen molar-refractivity contribution in [1.82, 2.24) is 15.1 Å².